The minimum atomic E-state index is -0.182. The van der Waals surface area contributed by atoms with Gasteiger partial charge in [-0.05, 0) is 33.6 Å². The van der Waals surface area contributed by atoms with Crippen LogP contribution in [0, 0.1) is 0 Å². The molecule has 0 radical (unpaired) electrons. The highest BCUT2D eigenvalue weighted by molar-refractivity contribution is 9.10. The smallest absolute Gasteiger partial charge is 0.0953 e. The third-order valence-corrected chi connectivity index (χ3v) is 2.42. The number of halogens is 1. The molecule has 0 saturated carbocycles. The van der Waals surface area contributed by atoms with Crippen molar-refractivity contribution in [2.45, 2.75) is 6.04 Å². The average molecular weight is 253 g/mol. The minimum Gasteiger partial charge on any atom is -0.472 e. The first-order valence-corrected chi connectivity index (χ1v) is 4.95. The lowest BCUT2D eigenvalue weighted by atomic mass is 10.0. The molecule has 2 N–H and O–H groups in total. The van der Waals surface area contributed by atoms with E-state index in [1.165, 1.54) is 0 Å². The Balaban J connectivity index is 2.32. The number of hydrogen-bond donors (Lipinski definition) is 1. The van der Waals surface area contributed by atoms with Gasteiger partial charge in [-0.2, -0.15) is 0 Å². The van der Waals surface area contributed by atoms with Gasteiger partial charge in [0.25, 0.3) is 0 Å². The number of rotatable bonds is 2. The summed E-state index contributed by atoms with van der Waals surface area (Å²) >= 11 is 3.35. The van der Waals surface area contributed by atoms with Crippen LogP contribution >= 0.6 is 15.9 Å². The van der Waals surface area contributed by atoms with Crippen molar-refractivity contribution >= 4 is 15.9 Å². The molecule has 0 aliphatic heterocycles. The maximum absolute atomic E-state index is 6.01. The minimum absolute atomic E-state index is 0.182. The second-order valence-electron chi connectivity index (χ2n) is 2.97. The second kappa shape index (κ2) is 3.94. The molecule has 0 fully saturated rings. The molecule has 4 heteroatoms. The van der Waals surface area contributed by atoms with E-state index in [4.69, 9.17) is 10.2 Å². The predicted molar refractivity (Wildman–Crippen MR) is 56.7 cm³/mol. The molecule has 0 saturated heterocycles. The molecule has 72 valence electrons. The molecule has 2 aromatic heterocycles. The Hall–Kier alpha value is -1.13. The summed E-state index contributed by atoms with van der Waals surface area (Å²) in [6, 6.07) is 3.62. The summed E-state index contributed by atoms with van der Waals surface area (Å²) in [7, 11) is 0. The third-order valence-electron chi connectivity index (χ3n) is 1.99. The lowest BCUT2D eigenvalue weighted by Crippen LogP contribution is -2.11. The summed E-state index contributed by atoms with van der Waals surface area (Å²) in [6.07, 6.45) is 6.74. The van der Waals surface area contributed by atoms with Crippen molar-refractivity contribution in [1.29, 1.82) is 0 Å². The van der Waals surface area contributed by atoms with Crippen molar-refractivity contribution in [2.75, 3.05) is 0 Å². The maximum Gasteiger partial charge on any atom is 0.0953 e. The molecule has 0 bridgehead atoms. The number of nitrogens with two attached hydrogens (primary N) is 1. The highest BCUT2D eigenvalue weighted by atomic mass is 79.9. The normalized spacial score (nSPS) is 12.7. The van der Waals surface area contributed by atoms with Crippen molar-refractivity contribution in [2.24, 2.45) is 5.73 Å². The van der Waals surface area contributed by atoms with Crippen LogP contribution in [0.5, 0.6) is 0 Å². The monoisotopic (exact) mass is 252 g/mol. The largest absolute Gasteiger partial charge is 0.472 e. The Labute approximate surface area is 90.1 Å². The Morgan fingerprint density at radius 2 is 2.21 bits per heavy atom. The van der Waals surface area contributed by atoms with E-state index in [9.17, 15) is 0 Å². The summed E-state index contributed by atoms with van der Waals surface area (Å²) in [5.41, 5.74) is 7.92. The summed E-state index contributed by atoms with van der Waals surface area (Å²) in [5, 5.41) is 0. The molecule has 2 aromatic rings. The molecule has 2 heterocycles. The summed E-state index contributed by atoms with van der Waals surface area (Å²) < 4.78 is 5.90. The third kappa shape index (κ3) is 1.86. The fourth-order valence-electron chi connectivity index (χ4n) is 1.24. The molecule has 1 atom stereocenters. The topological polar surface area (TPSA) is 52.0 Å². The van der Waals surface area contributed by atoms with Crippen molar-refractivity contribution in [3.63, 3.8) is 0 Å². The highest BCUT2D eigenvalue weighted by Gasteiger charge is 2.10. The maximum atomic E-state index is 6.01. The molecular weight excluding hydrogens is 244 g/mol. The molecule has 0 spiro atoms. The highest BCUT2D eigenvalue weighted by Crippen LogP contribution is 2.21. The van der Waals surface area contributed by atoms with Crippen LogP contribution < -0.4 is 5.73 Å². The van der Waals surface area contributed by atoms with Gasteiger partial charge in [0.1, 0.15) is 0 Å². The molecule has 0 aliphatic rings. The van der Waals surface area contributed by atoms with E-state index in [0.717, 1.165) is 15.6 Å². The molecule has 2 rings (SSSR count). The van der Waals surface area contributed by atoms with Gasteiger partial charge in [0.15, 0.2) is 0 Å². The molecule has 0 aromatic carbocycles. The van der Waals surface area contributed by atoms with Crippen LogP contribution in [-0.2, 0) is 0 Å². The van der Waals surface area contributed by atoms with Crippen LogP contribution in [0.2, 0.25) is 0 Å². The average Bonchev–Trinajstić information content (AvgIpc) is 2.69. The van der Waals surface area contributed by atoms with Gasteiger partial charge in [0, 0.05) is 22.4 Å². The molecule has 0 aliphatic carbocycles. The molecule has 1 unspecified atom stereocenters. The number of nitrogens with zero attached hydrogens (tertiary/aromatic N) is 1. The first-order chi connectivity index (χ1) is 6.77. The van der Waals surface area contributed by atoms with Crippen LogP contribution in [0.15, 0.2) is 45.9 Å². The Morgan fingerprint density at radius 3 is 2.86 bits per heavy atom. The molecule has 14 heavy (non-hydrogen) atoms. The fraction of sp³-hybridized carbons (Fsp3) is 0.100. The molecule has 0 amide bonds. The van der Waals surface area contributed by atoms with Crippen LogP contribution in [0.4, 0.5) is 0 Å². The number of pyridine rings is 1. The number of furan rings is 1. The number of aromatic nitrogens is 1. The Kier molecular flexibility index (Phi) is 2.65. The SMILES string of the molecule is NC(c1ccoc1)c1cncc(Br)c1. The van der Waals surface area contributed by atoms with Gasteiger partial charge in [-0.25, -0.2) is 0 Å². The Bertz CT molecular complexity index is 414. The van der Waals surface area contributed by atoms with E-state index in [1.807, 2.05) is 12.1 Å². The summed E-state index contributed by atoms with van der Waals surface area (Å²) in [5.74, 6) is 0. The van der Waals surface area contributed by atoms with Crippen molar-refractivity contribution < 1.29 is 4.42 Å². The summed E-state index contributed by atoms with van der Waals surface area (Å²) in [4.78, 5) is 4.06. The van der Waals surface area contributed by atoms with E-state index in [2.05, 4.69) is 20.9 Å². The van der Waals surface area contributed by atoms with E-state index >= 15 is 0 Å². The fourth-order valence-corrected chi connectivity index (χ4v) is 1.63. The lowest BCUT2D eigenvalue weighted by Gasteiger charge is -2.08. The van der Waals surface area contributed by atoms with Crippen LogP contribution in [0.1, 0.15) is 17.2 Å². The van der Waals surface area contributed by atoms with Crippen LogP contribution in [0.3, 0.4) is 0 Å². The second-order valence-corrected chi connectivity index (χ2v) is 3.89. The first kappa shape index (κ1) is 9.43. The van der Waals surface area contributed by atoms with E-state index in [-0.39, 0.29) is 6.04 Å². The molecule has 3 nitrogen and oxygen atoms in total. The summed E-state index contributed by atoms with van der Waals surface area (Å²) in [6.45, 7) is 0. The number of hydrogen-bond acceptors (Lipinski definition) is 3. The first-order valence-electron chi connectivity index (χ1n) is 4.15. The van der Waals surface area contributed by atoms with Gasteiger partial charge in [0.05, 0.1) is 18.6 Å². The van der Waals surface area contributed by atoms with Gasteiger partial charge < -0.3 is 10.2 Å². The quantitative estimate of drug-likeness (QED) is 0.894. The predicted octanol–water partition coefficient (Wildman–Crippen LogP) is 2.49. The van der Waals surface area contributed by atoms with Gasteiger partial charge in [-0.3, -0.25) is 4.98 Å². The zero-order valence-electron chi connectivity index (χ0n) is 7.35. The van der Waals surface area contributed by atoms with E-state index < -0.39 is 0 Å². The van der Waals surface area contributed by atoms with E-state index in [1.54, 1.807) is 24.9 Å². The molecular formula is C10H9BrN2O. The Morgan fingerprint density at radius 1 is 1.36 bits per heavy atom. The zero-order valence-corrected chi connectivity index (χ0v) is 8.94. The van der Waals surface area contributed by atoms with Crippen LogP contribution in [-0.4, -0.2) is 4.98 Å². The zero-order chi connectivity index (χ0) is 9.97. The van der Waals surface area contributed by atoms with Crippen molar-refractivity contribution in [1.82, 2.24) is 4.98 Å². The van der Waals surface area contributed by atoms with Crippen LogP contribution in [0.25, 0.3) is 0 Å². The van der Waals surface area contributed by atoms with Gasteiger partial charge in [0.2, 0.25) is 0 Å². The van der Waals surface area contributed by atoms with Gasteiger partial charge in [-0.1, -0.05) is 0 Å². The van der Waals surface area contributed by atoms with Gasteiger partial charge >= 0.3 is 0 Å². The van der Waals surface area contributed by atoms with Gasteiger partial charge in [-0.15, -0.1) is 0 Å². The van der Waals surface area contributed by atoms with Crippen molar-refractivity contribution in [3.8, 4) is 0 Å². The van der Waals surface area contributed by atoms with E-state index in [0.29, 0.717) is 0 Å². The standard InChI is InChI=1S/C10H9BrN2O/c11-9-3-8(4-13-5-9)10(12)7-1-2-14-6-7/h1-6,10H,12H2. The lowest BCUT2D eigenvalue weighted by molar-refractivity contribution is 0.562. The van der Waals surface area contributed by atoms with Crippen molar-refractivity contribution in [3.05, 3.63) is 52.7 Å².